The van der Waals surface area contributed by atoms with E-state index in [1.807, 2.05) is 49.4 Å². The molecule has 1 amide bonds. The summed E-state index contributed by atoms with van der Waals surface area (Å²) in [5, 5.41) is 2.84. The van der Waals surface area contributed by atoms with Crippen LogP contribution in [0, 0.1) is 0 Å². The van der Waals surface area contributed by atoms with E-state index in [1.165, 1.54) is 4.90 Å². The highest BCUT2D eigenvalue weighted by molar-refractivity contribution is 7.99. The normalized spacial score (nSPS) is 11.9. The van der Waals surface area contributed by atoms with Crippen LogP contribution in [0.1, 0.15) is 13.3 Å². The number of benzene rings is 2. The van der Waals surface area contributed by atoms with Crippen molar-refractivity contribution in [1.29, 1.82) is 0 Å². The molecule has 0 aliphatic rings. The van der Waals surface area contributed by atoms with E-state index in [-0.39, 0.29) is 5.91 Å². The van der Waals surface area contributed by atoms with E-state index < -0.39 is 6.04 Å². The van der Waals surface area contributed by atoms with Gasteiger partial charge >= 0.3 is 0 Å². The summed E-state index contributed by atoms with van der Waals surface area (Å²) in [5.41, 5.74) is 6.49. The number of anilines is 1. The summed E-state index contributed by atoms with van der Waals surface area (Å²) < 4.78 is 0. The highest BCUT2D eigenvalue weighted by Gasteiger charge is 2.11. The number of rotatable bonds is 5. The van der Waals surface area contributed by atoms with Gasteiger partial charge in [-0.15, -0.1) is 0 Å². The molecule has 0 bridgehead atoms. The van der Waals surface area contributed by atoms with Crippen molar-refractivity contribution in [3.8, 4) is 0 Å². The molecule has 0 aliphatic carbocycles. The summed E-state index contributed by atoms with van der Waals surface area (Å²) in [6.07, 6.45) is 0.629. The molecule has 104 valence electrons. The zero-order valence-electron chi connectivity index (χ0n) is 11.4. The van der Waals surface area contributed by atoms with Gasteiger partial charge in [0.05, 0.1) is 6.04 Å². The molecule has 2 aromatic carbocycles. The molecular formula is C16H18N2OS. The summed E-state index contributed by atoms with van der Waals surface area (Å²) in [7, 11) is 0. The number of amides is 1. The van der Waals surface area contributed by atoms with Crippen molar-refractivity contribution in [3.63, 3.8) is 0 Å². The van der Waals surface area contributed by atoms with Crippen molar-refractivity contribution in [1.82, 2.24) is 0 Å². The third-order valence-corrected chi connectivity index (χ3v) is 3.85. The molecule has 1 unspecified atom stereocenters. The smallest absolute Gasteiger partial charge is 0.241 e. The number of hydrogen-bond donors (Lipinski definition) is 2. The Morgan fingerprint density at radius 2 is 1.85 bits per heavy atom. The van der Waals surface area contributed by atoms with Crippen molar-refractivity contribution in [2.24, 2.45) is 5.73 Å². The standard InChI is InChI=1S/C16H18N2OS/c1-2-15(17)16(19)18-12-7-6-10-14(11-12)20-13-8-4-3-5-9-13/h3-11,15H,2,17H2,1H3,(H,18,19). The molecule has 3 N–H and O–H groups in total. The fourth-order valence-corrected chi connectivity index (χ4v) is 2.58. The van der Waals surface area contributed by atoms with E-state index in [4.69, 9.17) is 5.73 Å². The first kappa shape index (κ1) is 14.6. The number of hydrogen-bond acceptors (Lipinski definition) is 3. The lowest BCUT2D eigenvalue weighted by Gasteiger charge is -2.11. The van der Waals surface area contributed by atoms with Gasteiger partial charge in [-0.25, -0.2) is 0 Å². The average Bonchev–Trinajstić information content (AvgIpc) is 2.47. The number of nitrogens with one attached hydrogen (secondary N) is 1. The SMILES string of the molecule is CCC(N)C(=O)Nc1cccc(Sc2ccccc2)c1. The Morgan fingerprint density at radius 1 is 1.15 bits per heavy atom. The molecule has 0 aromatic heterocycles. The van der Waals surface area contributed by atoms with Crippen LogP contribution in [0.4, 0.5) is 5.69 Å². The van der Waals surface area contributed by atoms with Crippen molar-refractivity contribution in [2.45, 2.75) is 29.2 Å². The number of nitrogens with two attached hydrogens (primary N) is 1. The summed E-state index contributed by atoms with van der Waals surface area (Å²) >= 11 is 1.66. The highest BCUT2D eigenvalue weighted by Crippen LogP contribution is 2.29. The van der Waals surface area contributed by atoms with E-state index in [0.717, 1.165) is 10.6 Å². The lowest BCUT2D eigenvalue weighted by Crippen LogP contribution is -2.34. The van der Waals surface area contributed by atoms with Gasteiger partial charge in [0.1, 0.15) is 0 Å². The van der Waals surface area contributed by atoms with Crippen LogP contribution < -0.4 is 11.1 Å². The lowest BCUT2D eigenvalue weighted by molar-refractivity contribution is -0.117. The van der Waals surface area contributed by atoms with Crippen LogP contribution in [0.2, 0.25) is 0 Å². The molecule has 2 rings (SSSR count). The minimum atomic E-state index is -0.458. The van der Waals surface area contributed by atoms with Crippen molar-refractivity contribution >= 4 is 23.4 Å². The zero-order chi connectivity index (χ0) is 14.4. The van der Waals surface area contributed by atoms with E-state index in [9.17, 15) is 4.79 Å². The van der Waals surface area contributed by atoms with Crippen molar-refractivity contribution in [2.75, 3.05) is 5.32 Å². The first-order valence-electron chi connectivity index (χ1n) is 6.58. The molecule has 4 heteroatoms. The molecule has 0 fully saturated rings. The van der Waals surface area contributed by atoms with Gasteiger partial charge in [-0.05, 0) is 36.8 Å². The Kier molecular flexibility index (Phi) is 5.21. The largest absolute Gasteiger partial charge is 0.325 e. The Balaban J connectivity index is 2.06. The van der Waals surface area contributed by atoms with Gasteiger partial charge < -0.3 is 11.1 Å². The summed E-state index contributed by atoms with van der Waals surface area (Å²) in [6, 6.07) is 17.4. The number of carbonyl (C=O) groups excluding carboxylic acids is 1. The van der Waals surface area contributed by atoms with Crippen LogP contribution in [-0.2, 0) is 4.79 Å². The number of carbonyl (C=O) groups is 1. The first-order chi connectivity index (χ1) is 9.69. The molecule has 0 heterocycles. The fraction of sp³-hybridized carbons (Fsp3) is 0.188. The maximum atomic E-state index is 11.8. The molecule has 0 radical (unpaired) electrons. The monoisotopic (exact) mass is 286 g/mol. The summed E-state index contributed by atoms with van der Waals surface area (Å²) in [5.74, 6) is -0.144. The molecule has 0 saturated carbocycles. The predicted molar refractivity (Wildman–Crippen MR) is 83.9 cm³/mol. The van der Waals surface area contributed by atoms with Gasteiger partial charge in [0.15, 0.2) is 0 Å². The maximum absolute atomic E-state index is 11.8. The molecular weight excluding hydrogens is 268 g/mol. The van der Waals surface area contributed by atoms with Crippen LogP contribution >= 0.6 is 11.8 Å². The molecule has 3 nitrogen and oxygen atoms in total. The fourth-order valence-electron chi connectivity index (χ4n) is 1.68. The Bertz CT molecular complexity index is 572. The van der Waals surface area contributed by atoms with Gasteiger partial charge in [-0.1, -0.05) is 43.0 Å². The second-order valence-electron chi connectivity index (χ2n) is 4.45. The van der Waals surface area contributed by atoms with E-state index >= 15 is 0 Å². The molecule has 0 aliphatic heterocycles. The van der Waals surface area contributed by atoms with Crippen LogP contribution in [0.15, 0.2) is 64.4 Å². The molecule has 1 atom stereocenters. The molecule has 20 heavy (non-hydrogen) atoms. The van der Waals surface area contributed by atoms with E-state index in [2.05, 4.69) is 17.4 Å². The lowest BCUT2D eigenvalue weighted by atomic mass is 10.2. The Labute approximate surface area is 123 Å². The third-order valence-electron chi connectivity index (χ3n) is 2.86. The zero-order valence-corrected chi connectivity index (χ0v) is 12.2. The predicted octanol–water partition coefficient (Wildman–Crippen LogP) is 3.51. The summed E-state index contributed by atoms with van der Waals surface area (Å²) in [6.45, 7) is 1.89. The van der Waals surface area contributed by atoms with E-state index in [0.29, 0.717) is 6.42 Å². The Morgan fingerprint density at radius 3 is 2.55 bits per heavy atom. The van der Waals surface area contributed by atoms with Crippen LogP contribution in [0.3, 0.4) is 0 Å². The van der Waals surface area contributed by atoms with Crippen LogP contribution in [0.25, 0.3) is 0 Å². The van der Waals surface area contributed by atoms with Gasteiger partial charge in [0.25, 0.3) is 0 Å². The minimum absolute atomic E-state index is 0.144. The maximum Gasteiger partial charge on any atom is 0.241 e. The first-order valence-corrected chi connectivity index (χ1v) is 7.40. The second-order valence-corrected chi connectivity index (χ2v) is 5.59. The van der Waals surface area contributed by atoms with Gasteiger partial charge in [0.2, 0.25) is 5.91 Å². The second kappa shape index (κ2) is 7.12. The quantitative estimate of drug-likeness (QED) is 0.884. The topological polar surface area (TPSA) is 55.1 Å². The minimum Gasteiger partial charge on any atom is -0.325 e. The van der Waals surface area contributed by atoms with Gasteiger partial charge in [-0.3, -0.25) is 4.79 Å². The molecule has 2 aromatic rings. The average molecular weight is 286 g/mol. The van der Waals surface area contributed by atoms with Crippen molar-refractivity contribution < 1.29 is 4.79 Å². The van der Waals surface area contributed by atoms with Gasteiger partial charge in [0, 0.05) is 15.5 Å². The third kappa shape index (κ3) is 4.11. The van der Waals surface area contributed by atoms with E-state index in [1.54, 1.807) is 11.8 Å². The van der Waals surface area contributed by atoms with Gasteiger partial charge in [-0.2, -0.15) is 0 Å². The van der Waals surface area contributed by atoms with Crippen molar-refractivity contribution in [3.05, 3.63) is 54.6 Å². The Hall–Kier alpha value is -1.78. The molecule has 0 spiro atoms. The van der Waals surface area contributed by atoms with Crippen LogP contribution in [0.5, 0.6) is 0 Å². The highest BCUT2D eigenvalue weighted by atomic mass is 32.2. The summed E-state index contributed by atoms with van der Waals surface area (Å²) in [4.78, 5) is 14.0. The van der Waals surface area contributed by atoms with Crippen LogP contribution in [-0.4, -0.2) is 11.9 Å². The molecule has 0 saturated heterocycles.